The number of nitrogens with two attached hydrogens (primary N) is 1. The second-order valence-electron chi connectivity index (χ2n) is 6.28. The van der Waals surface area contributed by atoms with Gasteiger partial charge in [-0.1, -0.05) is 30.3 Å². The Balaban J connectivity index is 1.91. The normalized spacial score (nSPS) is 11.2. The molecule has 0 radical (unpaired) electrons. The number of nitrogens with zero attached hydrogens (tertiary/aromatic N) is 2. The number of thioether (sulfide) groups is 1. The first-order chi connectivity index (χ1) is 14.8. The van der Waals surface area contributed by atoms with Crippen molar-refractivity contribution < 1.29 is 22.7 Å². The average Bonchev–Trinajstić information content (AvgIpc) is 3.09. The van der Waals surface area contributed by atoms with E-state index < -0.39 is 21.7 Å². The highest BCUT2D eigenvalue weighted by molar-refractivity contribution is 7.99. The van der Waals surface area contributed by atoms with E-state index in [1.165, 1.54) is 25.3 Å². The summed E-state index contributed by atoms with van der Waals surface area (Å²) in [5.74, 6) is -1.29. The summed E-state index contributed by atoms with van der Waals surface area (Å²) in [6, 6.07) is 14.2. The van der Waals surface area contributed by atoms with Crippen LogP contribution in [0.3, 0.4) is 0 Å². The smallest absolute Gasteiger partial charge is 0.339 e. The van der Waals surface area contributed by atoms with Crippen LogP contribution < -0.4 is 11.1 Å². The number of carbonyl (C=O) groups excluding carboxylic acids is 2. The van der Waals surface area contributed by atoms with E-state index in [-0.39, 0.29) is 38.4 Å². The molecule has 11 heteroatoms. The van der Waals surface area contributed by atoms with Crippen LogP contribution in [0.5, 0.6) is 0 Å². The molecular weight excluding hydrogens is 440 g/mol. The van der Waals surface area contributed by atoms with Gasteiger partial charge in [0, 0.05) is 0 Å². The number of nitrogen functional groups attached to an aromatic ring is 1. The van der Waals surface area contributed by atoms with E-state index in [0.717, 1.165) is 16.4 Å². The molecule has 3 N–H and O–H groups in total. The summed E-state index contributed by atoms with van der Waals surface area (Å²) in [7, 11) is -2.69. The van der Waals surface area contributed by atoms with E-state index in [0.29, 0.717) is 0 Å². The highest BCUT2D eigenvalue weighted by Crippen LogP contribution is 2.33. The van der Waals surface area contributed by atoms with E-state index in [1.54, 1.807) is 42.7 Å². The first-order valence-electron chi connectivity index (χ1n) is 8.97. The fraction of sp³-hybridized carbons (Fsp3) is 0.150. The van der Waals surface area contributed by atoms with E-state index in [4.69, 9.17) is 10.5 Å². The molecule has 0 atom stereocenters. The number of esters is 1. The Labute approximate surface area is 183 Å². The molecule has 1 aromatic heterocycles. The highest BCUT2D eigenvalue weighted by Gasteiger charge is 2.29. The minimum atomic E-state index is -3.93. The lowest BCUT2D eigenvalue weighted by Gasteiger charge is -2.10. The summed E-state index contributed by atoms with van der Waals surface area (Å²) >= 11 is 1.11. The number of sulfone groups is 1. The molecule has 0 aliphatic carbocycles. The molecule has 1 heterocycles. The van der Waals surface area contributed by atoms with Crippen LogP contribution in [0.1, 0.15) is 10.4 Å². The molecule has 3 aromatic rings. The molecule has 0 aliphatic rings. The molecule has 3 rings (SSSR count). The summed E-state index contributed by atoms with van der Waals surface area (Å²) in [6.07, 6.45) is 1.67. The van der Waals surface area contributed by atoms with E-state index in [2.05, 4.69) is 10.4 Å². The first kappa shape index (κ1) is 22.4. The highest BCUT2D eigenvalue weighted by atomic mass is 32.2. The third-order valence-corrected chi connectivity index (χ3v) is 6.97. The van der Waals surface area contributed by atoms with Crippen molar-refractivity contribution in [2.75, 3.05) is 24.4 Å². The number of hydrogen-bond acceptors (Lipinski definition) is 8. The summed E-state index contributed by atoms with van der Waals surface area (Å²) in [5.41, 5.74) is 6.54. The molecule has 0 spiro atoms. The lowest BCUT2D eigenvalue weighted by atomic mass is 10.2. The molecule has 31 heavy (non-hydrogen) atoms. The van der Waals surface area contributed by atoms with Crippen molar-refractivity contribution in [1.29, 1.82) is 0 Å². The van der Waals surface area contributed by atoms with Crippen LogP contribution in [-0.2, 0) is 25.9 Å². The topological polar surface area (TPSA) is 133 Å². The quantitative estimate of drug-likeness (QED) is 0.406. The fourth-order valence-corrected chi connectivity index (χ4v) is 5.32. The number of benzene rings is 2. The number of nitrogens with one attached hydrogen (secondary N) is 1. The van der Waals surface area contributed by atoms with Gasteiger partial charge in [0.05, 0.1) is 23.3 Å². The predicted molar refractivity (Wildman–Crippen MR) is 117 cm³/mol. The summed E-state index contributed by atoms with van der Waals surface area (Å²) in [6.45, 7) is -0.348. The number of amides is 1. The summed E-state index contributed by atoms with van der Waals surface area (Å²) < 4.78 is 32.0. The van der Waals surface area contributed by atoms with Gasteiger partial charge >= 0.3 is 5.97 Å². The van der Waals surface area contributed by atoms with Crippen LogP contribution in [0.15, 0.2) is 69.4 Å². The van der Waals surface area contributed by atoms with Gasteiger partial charge in [-0.05, 0) is 30.5 Å². The second-order valence-corrected chi connectivity index (χ2v) is 8.96. The first-order valence-corrected chi connectivity index (χ1v) is 11.7. The van der Waals surface area contributed by atoms with Gasteiger partial charge in [-0.25, -0.2) is 17.9 Å². The van der Waals surface area contributed by atoms with Gasteiger partial charge in [-0.15, -0.1) is 11.8 Å². The largest absolute Gasteiger partial charge is 0.465 e. The number of hydrogen-bond donors (Lipinski definition) is 2. The Morgan fingerprint density at radius 1 is 1.13 bits per heavy atom. The number of aromatic nitrogens is 2. The predicted octanol–water partition coefficient (Wildman–Crippen LogP) is 2.45. The number of ether oxygens (including phenoxy) is 1. The van der Waals surface area contributed by atoms with Crippen molar-refractivity contribution in [1.82, 2.24) is 9.78 Å². The molecule has 9 nitrogen and oxygen atoms in total. The maximum Gasteiger partial charge on any atom is 0.339 e. The van der Waals surface area contributed by atoms with Crippen molar-refractivity contribution in [2.45, 2.75) is 21.4 Å². The number of anilines is 2. The second kappa shape index (κ2) is 9.23. The number of methoxy groups -OCH3 is 1. The molecule has 162 valence electrons. The minimum absolute atomic E-state index is 0.0769. The van der Waals surface area contributed by atoms with Gasteiger partial charge in [0.1, 0.15) is 22.3 Å². The third kappa shape index (κ3) is 4.57. The monoisotopic (exact) mass is 460 g/mol. The lowest BCUT2D eigenvalue weighted by Crippen LogP contribution is -2.22. The molecule has 0 fully saturated rings. The Kier molecular flexibility index (Phi) is 6.66. The maximum atomic E-state index is 13.1. The van der Waals surface area contributed by atoms with Crippen LogP contribution in [0.25, 0.3) is 0 Å². The van der Waals surface area contributed by atoms with Crippen molar-refractivity contribution in [3.8, 4) is 0 Å². The van der Waals surface area contributed by atoms with Gasteiger partial charge < -0.3 is 15.8 Å². The van der Waals surface area contributed by atoms with Crippen LogP contribution in [0.2, 0.25) is 0 Å². The standard InChI is InChI=1S/C20H20N4O5S2/c1-29-20(26)14-10-6-7-11-15(14)22-16(25)12-24-18(21)17(19(23-24)30-2)31(27,28)13-8-4-3-5-9-13/h3-11H,12,21H2,1-2H3,(H,22,25). The summed E-state index contributed by atoms with van der Waals surface area (Å²) in [4.78, 5) is 24.4. The van der Waals surface area contributed by atoms with Crippen molar-refractivity contribution in [3.63, 3.8) is 0 Å². The molecule has 0 unspecified atom stereocenters. The molecule has 2 aromatic carbocycles. The molecule has 0 saturated carbocycles. The Bertz CT molecular complexity index is 1220. The van der Waals surface area contributed by atoms with E-state index in [9.17, 15) is 18.0 Å². The fourth-order valence-electron chi connectivity index (χ4n) is 2.87. The van der Waals surface area contributed by atoms with Crippen molar-refractivity contribution in [3.05, 3.63) is 60.2 Å². The molecule has 0 bridgehead atoms. The van der Waals surface area contributed by atoms with Gasteiger partial charge in [-0.2, -0.15) is 5.10 Å². The SMILES string of the molecule is COC(=O)c1ccccc1NC(=O)Cn1nc(SC)c(S(=O)(=O)c2ccccc2)c1N. The number of rotatable bonds is 7. The van der Waals surface area contributed by atoms with Gasteiger partial charge in [0.15, 0.2) is 0 Å². The molecule has 1 amide bonds. The van der Waals surface area contributed by atoms with E-state index >= 15 is 0 Å². The van der Waals surface area contributed by atoms with Crippen LogP contribution >= 0.6 is 11.8 Å². The van der Waals surface area contributed by atoms with Crippen molar-refractivity contribution >= 4 is 45.0 Å². The number of carbonyl (C=O) groups is 2. The zero-order valence-electron chi connectivity index (χ0n) is 16.7. The summed E-state index contributed by atoms with van der Waals surface area (Å²) in [5, 5.41) is 6.99. The number of para-hydroxylation sites is 1. The molecule has 0 aliphatic heterocycles. The Morgan fingerprint density at radius 2 is 1.77 bits per heavy atom. The van der Waals surface area contributed by atoms with E-state index in [1.807, 2.05) is 0 Å². The van der Waals surface area contributed by atoms with Crippen LogP contribution in [0.4, 0.5) is 11.5 Å². The lowest BCUT2D eigenvalue weighted by molar-refractivity contribution is -0.116. The molecular formula is C20H20N4O5S2. The Hall–Kier alpha value is -3.31. The third-order valence-electron chi connectivity index (χ3n) is 4.33. The van der Waals surface area contributed by atoms with Gasteiger partial charge in [-0.3, -0.25) is 4.79 Å². The van der Waals surface area contributed by atoms with Gasteiger partial charge in [0.25, 0.3) is 0 Å². The van der Waals surface area contributed by atoms with Crippen LogP contribution in [-0.4, -0.2) is 43.4 Å². The zero-order chi connectivity index (χ0) is 22.6. The van der Waals surface area contributed by atoms with Crippen molar-refractivity contribution in [2.24, 2.45) is 0 Å². The Morgan fingerprint density at radius 3 is 2.42 bits per heavy atom. The maximum absolute atomic E-state index is 13.1. The van der Waals surface area contributed by atoms with Crippen LogP contribution in [0, 0.1) is 0 Å². The van der Waals surface area contributed by atoms with Gasteiger partial charge in [0.2, 0.25) is 15.7 Å². The zero-order valence-corrected chi connectivity index (χ0v) is 18.4. The average molecular weight is 461 g/mol. The minimum Gasteiger partial charge on any atom is -0.465 e. The molecule has 0 saturated heterocycles.